The lowest BCUT2D eigenvalue weighted by Crippen LogP contribution is -2.36. The van der Waals surface area contributed by atoms with Gasteiger partial charge in [0.25, 0.3) is 0 Å². The van der Waals surface area contributed by atoms with Gasteiger partial charge in [0.15, 0.2) is 0 Å². The minimum Gasteiger partial charge on any atom is -0.323 e. The van der Waals surface area contributed by atoms with Crippen molar-refractivity contribution < 1.29 is 4.79 Å². The van der Waals surface area contributed by atoms with Crippen molar-refractivity contribution >= 4 is 46.6 Å². The molecule has 0 aliphatic rings. The van der Waals surface area contributed by atoms with Crippen molar-refractivity contribution in [1.82, 2.24) is 0 Å². The van der Waals surface area contributed by atoms with Crippen LogP contribution in [0.1, 0.15) is 6.42 Å². The molecule has 1 aromatic rings. The van der Waals surface area contributed by atoms with E-state index in [4.69, 9.17) is 28.9 Å². The number of carbonyl (C=O) groups is 1. The number of rotatable bonds is 5. The molecule has 0 fully saturated rings. The van der Waals surface area contributed by atoms with Crippen molar-refractivity contribution in [3.8, 4) is 0 Å². The second kappa shape index (κ2) is 7.11. The summed E-state index contributed by atoms with van der Waals surface area (Å²) in [6.07, 6.45) is 2.61. The van der Waals surface area contributed by atoms with Crippen LogP contribution >= 0.6 is 35.0 Å². The summed E-state index contributed by atoms with van der Waals surface area (Å²) in [5.41, 5.74) is 6.26. The molecule has 0 saturated heterocycles. The molecular formula is C11H14Cl2N2OS. The number of carbonyl (C=O) groups excluding carboxylic acids is 1. The van der Waals surface area contributed by atoms with E-state index >= 15 is 0 Å². The Hall–Kier alpha value is -0.420. The number of anilines is 1. The van der Waals surface area contributed by atoms with Crippen LogP contribution in [0, 0.1) is 0 Å². The number of hydrogen-bond acceptors (Lipinski definition) is 3. The monoisotopic (exact) mass is 292 g/mol. The van der Waals surface area contributed by atoms with Crippen molar-refractivity contribution in [3.05, 3.63) is 28.2 Å². The zero-order valence-corrected chi connectivity index (χ0v) is 11.7. The quantitative estimate of drug-likeness (QED) is 0.877. The van der Waals surface area contributed by atoms with E-state index in [1.54, 1.807) is 30.0 Å². The fraction of sp³-hybridized carbons (Fsp3) is 0.364. The predicted molar refractivity (Wildman–Crippen MR) is 76.1 cm³/mol. The third-order valence-corrected chi connectivity index (χ3v) is 3.35. The van der Waals surface area contributed by atoms with Gasteiger partial charge in [0.2, 0.25) is 5.91 Å². The van der Waals surface area contributed by atoms with Crippen LogP contribution in [0.4, 0.5) is 5.69 Å². The topological polar surface area (TPSA) is 55.1 Å². The molecule has 1 aromatic carbocycles. The minimum absolute atomic E-state index is 0.233. The lowest BCUT2D eigenvalue weighted by atomic mass is 10.2. The Labute approximate surface area is 115 Å². The van der Waals surface area contributed by atoms with Crippen molar-refractivity contribution in [1.29, 1.82) is 0 Å². The maximum Gasteiger partial charge on any atom is 0.241 e. The first-order valence-electron chi connectivity index (χ1n) is 5.05. The van der Waals surface area contributed by atoms with Gasteiger partial charge in [-0.1, -0.05) is 23.2 Å². The third-order valence-electron chi connectivity index (χ3n) is 2.16. The number of halogens is 2. The molecule has 0 aliphatic heterocycles. The smallest absolute Gasteiger partial charge is 0.241 e. The zero-order chi connectivity index (χ0) is 12.8. The SMILES string of the molecule is CSCC[C@H](N)C(=O)Nc1ccc(Cl)cc1Cl. The van der Waals surface area contributed by atoms with E-state index < -0.39 is 6.04 Å². The molecule has 94 valence electrons. The molecule has 0 heterocycles. The van der Waals surface area contributed by atoms with Gasteiger partial charge < -0.3 is 11.1 Å². The highest BCUT2D eigenvalue weighted by atomic mass is 35.5. The second-order valence-electron chi connectivity index (χ2n) is 3.50. The maximum atomic E-state index is 11.7. The third kappa shape index (κ3) is 4.76. The lowest BCUT2D eigenvalue weighted by molar-refractivity contribution is -0.117. The highest BCUT2D eigenvalue weighted by molar-refractivity contribution is 7.98. The number of nitrogens with one attached hydrogen (secondary N) is 1. The molecule has 6 heteroatoms. The van der Waals surface area contributed by atoms with Gasteiger partial charge in [-0.25, -0.2) is 0 Å². The van der Waals surface area contributed by atoms with E-state index in [1.807, 2.05) is 6.26 Å². The van der Waals surface area contributed by atoms with Gasteiger partial charge in [-0.05, 0) is 36.6 Å². The molecular weight excluding hydrogens is 279 g/mol. The molecule has 3 nitrogen and oxygen atoms in total. The minimum atomic E-state index is -0.519. The Balaban J connectivity index is 2.61. The van der Waals surface area contributed by atoms with Crippen LogP contribution in [-0.2, 0) is 4.79 Å². The van der Waals surface area contributed by atoms with E-state index in [1.165, 1.54) is 0 Å². The molecule has 1 amide bonds. The van der Waals surface area contributed by atoms with E-state index in [0.29, 0.717) is 22.2 Å². The Morgan fingerprint density at radius 3 is 2.82 bits per heavy atom. The first-order valence-corrected chi connectivity index (χ1v) is 7.20. The first-order chi connectivity index (χ1) is 8.04. The molecule has 3 N–H and O–H groups in total. The van der Waals surface area contributed by atoms with E-state index in [2.05, 4.69) is 5.32 Å². The summed E-state index contributed by atoms with van der Waals surface area (Å²) in [5.74, 6) is 0.617. The van der Waals surface area contributed by atoms with Crippen LogP contribution in [0.15, 0.2) is 18.2 Å². The maximum absolute atomic E-state index is 11.7. The van der Waals surface area contributed by atoms with Crippen molar-refractivity contribution in [3.63, 3.8) is 0 Å². The Kier molecular flexibility index (Phi) is 6.12. The van der Waals surface area contributed by atoms with Gasteiger partial charge in [-0.3, -0.25) is 4.79 Å². The molecule has 0 aliphatic carbocycles. The van der Waals surface area contributed by atoms with Crippen LogP contribution < -0.4 is 11.1 Å². The highest BCUT2D eigenvalue weighted by Gasteiger charge is 2.14. The molecule has 0 saturated carbocycles. The van der Waals surface area contributed by atoms with Gasteiger partial charge in [0, 0.05) is 5.02 Å². The van der Waals surface area contributed by atoms with Crippen molar-refractivity contribution in [2.24, 2.45) is 5.73 Å². The summed E-state index contributed by atoms with van der Waals surface area (Å²) in [5, 5.41) is 3.62. The fourth-order valence-electron chi connectivity index (χ4n) is 1.19. The Morgan fingerprint density at radius 1 is 1.53 bits per heavy atom. The molecule has 0 unspecified atom stereocenters. The fourth-order valence-corrected chi connectivity index (χ4v) is 2.14. The average molecular weight is 293 g/mol. The Morgan fingerprint density at radius 2 is 2.24 bits per heavy atom. The summed E-state index contributed by atoms with van der Waals surface area (Å²) in [6.45, 7) is 0. The van der Waals surface area contributed by atoms with E-state index in [9.17, 15) is 4.79 Å². The highest BCUT2D eigenvalue weighted by Crippen LogP contribution is 2.25. The van der Waals surface area contributed by atoms with Crippen LogP contribution in [0.5, 0.6) is 0 Å². The van der Waals surface area contributed by atoms with Crippen molar-refractivity contribution in [2.45, 2.75) is 12.5 Å². The van der Waals surface area contributed by atoms with E-state index in [-0.39, 0.29) is 5.91 Å². The lowest BCUT2D eigenvalue weighted by Gasteiger charge is -2.12. The van der Waals surface area contributed by atoms with Crippen LogP contribution in [0.25, 0.3) is 0 Å². The van der Waals surface area contributed by atoms with Crippen LogP contribution in [0.3, 0.4) is 0 Å². The number of amides is 1. The average Bonchev–Trinajstić information content (AvgIpc) is 2.29. The van der Waals surface area contributed by atoms with Gasteiger partial charge in [0.1, 0.15) is 0 Å². The van der Waals surface area contributed by atoms with Crippen LogP contribution in [0.2, 0.25) is 10.0 Å². The van der Waals surface area contributed by atoms with E-state index in [0.717, 1.165) is 5.75 Å². The van der Waals surface area contributed by atoms with Crippen LogP contribution in [-0.4, -0.2) is 24.0 Å². The summed E-state index contributed by atoms with van der Waals surface area (Å²) < 4.78 is 0. The molecule has 0 radical (unpaired) electrons. The molecule has 0 bridgehead atoms. The van der Waals surface area contributed by atoms with Gasteiger partial charge in [0.05, 0.1) is 16.8 Å². The number of hydrogen-bond donors (Lipinski definition) is 2. The second-order valence-corrected chi connectivity index (χ2v) is 5.33. The molecule has 1 rings (SSSR count). The van der Waals surface area contributed by atoms with Gasteiger partial charge >= 0.3 is 0 Å². The number of nitrogens with two attached hydrogens (primary N) is 1. The largest absolute Gasteiger partial charge is 0.323 e. The number of benzene rings is 1. The summed E-state index contributed by atoms with van der Waals surface area (Å²) in [4.78, 5) is 11.7. The first kappa shape index (κ1) is 14.6. The normalized spacial score (nSPS) is 12.2. The molecule has 1 atom stereocenters. The molecule has 0 spiro atoms. The molecule has 17 heavy (non-hydrogen) atoms. The van der Waals surface area contributed by atoms with Gasteiger partial charge in [-0.2, -0.15) is 11.8 Å². The summed E-state index contributed by atoms with van der Waals surface area (Å²) in [6, 6.07) is 4.38. The number of thioether (sulfide) groups is 1. The standard InChI is InChI=1S/C11H14Cl2N2OS/c1-17-5-4-9(14)11(16)15-10-3-2-7(12)6-8(10)13/h2-3,6,9H,4-5,14H2,1H3,(H,15,16)/t9-/m0/s1. The van der Waals surface area contributed by atoms with Crippen molar-refractivity contribution in [2.75, 3.05) is 17.3 Å². The zero-order valence-electron chi connectivity index (χ0n) is 9.37. The molecule has 0 aromatic heterocycles. The predicted octanol–water partition coefficient (Wildman–Crippen LogP) is 3.01. The van der Waals surface area contributed by atoms with Gasteiger partial charge in [-0.15, -0.1) is 0 Å². The summed E-state index contributed by atoms with van der Waals surface area (Å²) in [7, 11) is 0. The summed E-state index contributed by atoms with van der Waals surface area (Å²) >= 11 is 13.4. The Bertz CT molecular complexity index is 401.